The molecule has 2 heterocycles. The summed E-state index contributed by atoms with van der Waals surface area (Å²) in [6, 6.07) is 24.6. The molecular weight excluding hydrogens is 781 g/mol. The standard InChI is InChI=1S/C41H46N8O7S2/c1-6-48(25-24-42-57(5,52)53)32-14-23-37(27(2)26-32)44-39-28(3)47-49-38(45-46-40(39)49)9-7-8-30-10-12-31(13-11-30)43-41(51)29(4)56-34-17-21-36(22-18-34)58(54,55)35-19-15-33(50)16-20-35/h10-23,26,29,42,50H,6-9,24-25H2,1-5H3,(H,43,51)/b44-39-. The van der Waals surface area contributed by atoms with Crippen molar-refractivity contribution in [2.45, 2.75) is 62.9 Å². The van der Waals surface area contributed by atoms with Gasteiger partial charge in [0.15, 0.2) is 11.9 Å². The SMILES string of the molecule is CCN(CCNS(C)(=O)=O)c1ccc(/N=C2/C(C)=Nn3c(CCCc4ccc(NC(=O)C(C)Oc5ccc(S(=O)(=O)c6ccc(O)cc6)cc5)cc4)nnc32)c(C)c1. The Balaban J connectivity index is 0.992. The summed E-state index contributed by atoms with van der Waals surface area (Å²) in [6.45, 7) is 9.09. The fraction of sp³-hybridized carbons (Fsp3) is 0.293. The molecular formula is C41H46N8O7S2. The number of aryl methyl sites for hydroxylation is 3. The highest BCUT2D eigenvalue weighted by atomic mass is 32.2. The van der Waals surface area contributed by atoms with Gasteiger partial charge in [0.05, 0.1) is 27.4 Å². The van der Waals surface area contributed by atoms with Gasteiger partial charge >= 0.3 is 0 Å². The number of hydrogen-bond donors (Lipinski definition) is 3. The number of anilines is 2. The molecule has 58 heavy (non-hydrogen) atoms. The number of hydrogen-bond acceptors (Lipinski definition) is 12. The summed E-state index contributed by atoms with van der Waals surface area (Å²) in [7, 11) is -7.03. The molecule has 6 rings (SSSR count). The first-order chi connectivity index (χ1) is 27.6. The van der Waals surface area contributed by atoms with Crippen LogP contribution in [0.5, 0.6) is 11.5 Å². The Bertz CT molecular complexity index is 2550. The number of aromatic nitrogens is 3. The Morgan fingerprint density at radius 3 is 2.22 bits per heavy atom. The van der Waals surface area contributed by atoms with Crippen molar-refractivity contribution in [1.29, 1.82) is 0 Å². The largest absolute Gasteiger partial charge is 0.508 e. The normalized spacial score (nSPS) is 13.9. The number of carbonyl (C=O) groups is 1. The number of sulfonamides is 1. The second kappa shape index (κ2) is 17.7. The highest BCUT2D eigenvalue weighted by Gasteiger charge is 2.26. The van der Waals surface area contributed by atoms with Crippen molar-refractivity contribution in [3.8, 4) is 11.5 Å². The molecule has 1 atom stereocenters. The molecule has 1 aromatic heterocycles. The lowest BCUT2D eigenvalue weighted by molar-refractivity contribution is -0.122. The molecule has 15 nitrogen and oxygen atoms in total. The number of ether oxygens (including phenoxy) is 1. The number of phenols is 1. The molecule has 0 radical (unpaired) electrons. The van der Waals surface area contributed by atoms with Crippen LogP contribution in [-0.4, -0.2) is 86.1 Å². The number of aromatic hydroxyl groups is 1. The van der Waals surface area contributed by atoms with Crippen molar-refractivity contribution in [2.75, 3.05) is 36.1 Å². The molecule has 0 saturated carbocycles. The number of benzene rings is 4. The van der Waals surface area contributed by atoms with E-state index in [9.17, 15) is 26.7 Å². The maximum atomic E-state index is 12.9. The van der Waals surface area contributed by atoms with Gasteiger partial charge in [-0.15, -0.1) is 10.2 Å². The summed E-state index contributed by atoms with van der Waals surface area (Å²) in [5.74, 6) is 1.27. The van der Waals surface area contributed by atoms with Gasteiger partial charge in [0.25, 0.3) is 5.91 Å². The number of nitrogens with zero attached hydrogens (tertiary/aromatic N) is 6. The number of phenolic OH excluding ortho intramolecular Hbond substituents is 1. The second-order valence-corrected chi connectivity index (χ2v) is 17.7. The second-order valence-electron chi connectivity index (χ2n) is 13.9. The number of carbonyl (C=O) groups excluding carboxylic acids is 1. The predicted octanol–water partition coefficient (Wildman–Crippen LogP) is 5.44. The van der Waals surface area contributed by atoms with Crippen molar-refractivity contribution < 1.29 is 31.5 Å². The number of rotatable bonds is 17. The number of sulfone groups is 1. The van der Waals surface area contributed by atoms with Crippen LogP contribution in [0, 0.1) is 6.92 Å². The maximum absolute atomic E-state index is 12.9. The molecule has 3 N–H and O–H groups in total. The van der Waals surface area contributed by atoms with Crippen LogP contribution in [0.25, 0.3) is 0 Å². The van der Waals surface area contributed by atoms with Crippen LogP contribution in [-0.2, 0) is 37.5 Å². The van der Waals surface area contributed by atoms with Gasteiger partial charge in [-0.05, 0) is 131 Å². The van der Waals surface area contributed by atoms with Gasteiger partial charge in [0, 0.05) is 37.4 Å². The van der Waals surface area contributed by atoms with Crippen molar-refractivity contribution >= 4 is 54.3 Å². The van der Waals surface area contributed by atoms with E-state index in [0.29, 0.717) is 42.5 Å². The van der Waals surface area contributed by atoms with Crippen molar-refractivity contribution in [3.05, 3.63) is 114 Å². The summed E-state index contributed by atoms with van der Waals surface area (Å²) in [6.07, 6.45) is 2.50. The Morgan fingerprint density at radius 1 is 0.914 bits per heavy atom. The van der Waals surface area contributed by atoms with Gasteiger partial charge in [-0.25, -0.2) is 26.6 Å². The molecule has 1 amide bonds. The molecule has 5 aromatic rings. The lowest BCUT2D eigenvalue weighted by Crippen LogP contribution is -2.34. The first kappa shape index (κ1) is 41.7. The summed E-state index contributed by atoms with van der Waals surface area (Å²) < 4.78 is 58.8. The van der Waals surface area contributed by atoms with Gasteiger partial charge < -0.3 is 20.1 Å². The number of likely N-dealkylation sites (N-methyl/N-ethyl adjacent to an activating group) is 1. The number of fused-ring (bicyclic) bond motifs is 1. The van der Waals surface area contributed by atoms with Gasteiger partial charge in [-0.2, -0.15) is 9.78 Å². The molecule has 0 fully saturated rings. The minimum Gasteiger partial charge on any atom is -0.508 e. The Labute approximate surface area is 338 Å². The van der Waals surface area contributed by atoms with Gasteiger partial charge in [0.1, 0.15) is 17.2 Å². The molecule has 0 bridgehead atoms. The maximum Gasteiger partial charge on any atom is 0.265 e. The van der Waals surface area contributed by atoms with E-state index < -0.39 is 26.0 Å². The first-order valence-electron chi connectivity index (χ1n) is 18.7. The van der Waals surface area contributed by atoms with Crippen molar-refractivity contribution in [1.82, 2.24) is 19.6 Å². The van der Waals surface area contributed by atoms with E-state index in [-0.39, 0.29) is 21.4 Å². The van der Waals surface area contributed by atoms with Crippen molar-refractivity contribution in [2.24, 2.45) is 10.1 Å². The summed E-state index contributed by atoms with van der Waals surface area (Å²) >= 11 is 0. The minimum atomic E-state index is -3.78. The Hall–Kier alpha value is -5.91. The van der Waals surface area contributed by atoms with Crippen molar-refractivity contribution in [3.63, 3.8) is 0 Å². The molecule has 17 heteroatoms. The summed E-state index contributed by atoms with van der Waals surface area (Å²) in [4.78, 5) is 20.0. The third-order valence-corrected chi connectivity index (χ3v) is 12.0. The highest BCUT2D eigenvalue weighted by molar-refractivity contribution is 7.91. The van der Waals surface area contributed by atoms with E-state index in [0.717, 1.165) is 59.7 Å². The molecule has 0 saturated heterocycles. The summed E-state index contributed by atoms with van der Waals surface area (Å²) in [5.41, 5.74) is 5.82. The Morgan fingerprint density at radius 2 is 1.59 bits per heavy atom. The smallest absolute Gasteiger partial charge is 0.265 e. The summed E-state index contributed by atoms with van der Waals surface area (Å²) in [5, 5.41) is 25.9. The van der Waals surface area contributed by atoms with Gasteiger partial charge in [0.2, 0.25) is 25.7 Å². The van der Waals surface area contributed by atoms with E-state index in [2.05, 4.69) is 25.1 Å². The predicted molar refractivity (Wildman–Crippen MR) is 224 cm³/mol. The molecule has 0 spiro atoms. The third-order valence-electron chi connectivity index (χ3n) is 9.47. The monoisotopic (exact) mass is 826 g/mol. The third kappa shape index (κ3) is 10.1. The molecule has 304 valence electrons. The number of nitrogens with one attached hydrogen (secondary N) is 2. The van der Waals surface area contributed by atoms with E-state index in [4.69, 9.17) is 14.8 Å². The van der Waals surface area contributed by atoms with Crippen LogP contribution >= 0.6 is 0 Å². The molecule has 0 aliphatic carbocycles. The lowest BCUT2D eigenvalue weighted by Gasteiger charge is -2.23. The molecule has 1 unspecified atom stereocenters. The van der Waals surface area contributed by atoms with Gasteiger partial charge in [-0.1, -0.05) is 12.1 Å². The average Bonchev–Trinajstić information content (AvgIpc) is 3.72. The van der Waals surface area contributed by atoms with Crippen LogP contribution in [0.2, 0.25) is 0 Å². The molecule has 1 aliphatic rings. The van der Waals surface area contributed by atoms with E-state index in [1.54, 1.807) is 11.6 Å². The Kier molecular flexibility index (Phi) is 12.7. The van der Waals surface area contributed by atoms with E-state index in [1.807, 2.05) is 63.2 Å². The molecule has 1 aliphatic heterocycles. The zero-order valence-corrected chi connectivity index (χ0v) is 34.5. The quantitative estimate of drug-likeness (QED) is 0.109. The fourth-order valence-electron chi connectivity index (χ4n) is 6.29. The van der Waals surface area contributed by atoms with Crippen LogP contribution in [0.1, 0.15) is 50.0 Å². The van der Waals surface area contributed by atoms with Crippen LogP contribution in [0.4, 0.5) is 17.1 Å². The first-order valence-corrected chi connectivity index (χ1v) is 22.1. The van der Waals surface area contributed by atoms with Crippen LogP contribution < -0.4 is 19.7 Å². The number of aliphatic imine (C=N–C) groups is 1. The zero-order valence-electron chi connectivity index (χ0n) is 32.9. The topological polar surface area (TPSA) is 198 Å². The minimum absolute atomic E-state index is 0.0284. The van der Waals surface area contributed by atoms with Crippen LogP contribution in [0.3, 0.4) is 0 Å². The zero-order chi connectivity index (χ0) is 41.6. The lowest BCUT2D eigenvalue weighted by atomic mass is 10.1. The van der Waals surface area contributed by atoms with Gasteiger partial charge in [-0.3, -0.25) is 4.79 Å². The number of amides is 1. The van der Waals surface area contributed by atoms with Crippen LogP contribution in [0.15, 0.2) is 111 Å². The van der Waals surface area contributed by atoms with E-state index >= 15 is 0 Å². The average molecular weight is 827 g/mol. The molecule has 4 aromatic carbocycles. The van der Waals surface area contributed by atoms with E-state index in [1.165, 1.54) is 48.5 Å². The fourth-order valence-corrected chi connectivity index (χ4v) is 8.02. The highest BCUT2D eigenvalue weighted by Crippen LogP contribution is 2.28.